The number of amides is 3. The van der Waals surface area contributed by atoms with Gasteiger partial charge in [0.2, 0.25) is 0 Å². The summed E-state index contributed by atoms with van der Waals surface area (Å²) in [5.74, 6) is -1.01. The van der Waals surface area contributed by atoms with Crippen molar-refractivity contribution in [1.29, 1.82) is 0 Å². The van der Waals surface area contributed by atoms with Crippen molar-refractivity contribution >= 4 is 17.9 Å². The lowest BCUT2D eigenvalue weighted by Gasteiger charge is -2.32. The first-order chi connectivity index (χ1) is 11.8. The van der Waals surface area contributed by atoms with Crippen molar-refractivity contribution in [1.82, 2.24) is 10.0 Å². The summed E-state index contributed by atoms with van der Waals surface area (Å²) in [5, 5.41) is 2.01. The second-order valence-electron chi connectivity index (χ2n) is 6.86. The van der Waals surface area contributed by atoms with Crippen LogP contribution in [0, 0.1) is 0 Å². The second kappa shape index (κ2) is 7.51. The van der Waals surface area contributed by atoms with Gasteiger partial charge in [0.05, 0.1) is 11.1 Å². The molecule has 0 saturated heterocycles. The molecule has 0 unspecified atom stereocenters. The number of rotatable bonds is 6. The molecule has 6 heteroatoms. The summed E-state index contributed by atoms with van der Waals surface area (Å²) in [6.07, 6.45) is 3.30. The third kappa shape index (κ3) is 4.26. The van der Waals surface area contributed by atoms with Crippen LogP contribution < -0.4 is 0 Å². The molecule has 0 fully saturated rings. The Bertz CT molecular complexity index is 656. The summed E-state index contributed by atoms with van der Waals surface area (Å²) in [6.45, 7) is 9.10. The zero-order chi connectivity index (χ0) is 18.6. The number of imide groups is 1. The Labute approximate surface area is 148 Å². The molecular formula is C19H24N2O4. The average molecular weight is 344 g/mol. The van der Waals surface area contributed by atoms with Crippen LogP contribution in [0.15, 0.2) is 36.9 Å². The molecule has 0 aromatic heterocycles. The number of carbonyl (C=O) groups is 3. The van der Waals surface area contributed by atoms with E-state index in [1.54, 1.807) is 51.1 Å². The number of unbranched alkanes of at least 4 members (excludes halogenated alkanes) is 2. The van der Waals surface area contributed by atoms with Gasteiger partial charge in [0.1, 0.15) is 5.60 Å². The summed E-state index contributed by atoms with van der Waals surface area (Å²) in [7, 11) is 0. The van der Waals surface area contributed by atoms with E-state index >= 15 is 0 Å². The Morgan fingerprint density at radius 1 is 1.16 bits per heavy atom. The number of hydrazine groups is 1. The Morgan fingerprint density at radius 3 is 2.20 bits per heavy atom. The highest BCUT2D eigenvalue weighted by atomic mass is 16.6. The summed E-state index contributed by atoms with van der Waals surface area (Å²) < 4.78 is 5.39. The molecule has 0 N–H and O–H groups in total. The van der Waals surface area contributed by atoms with E-state index in [4.69, 9.17) is 4.74 Å². The third-order valence-electron chi connectivity index (χ3n) is 3.65. The molecule has 0 atom stereocenters. The zero-order valence-corrected chi connectivity index (χ0v) is 14.9. The van der Waals surface area contributed by atoms with Gasteiger partial charge in [-0.05, 0) is 52.2 Å². The standard InChI is InChI=1S/C19H24N2O4/c1-5-6-7-10-13-20(18(24)25-19(2,3)4)21-16(22)14-11-8-9-12-15(14)17(21)23/h5,8-9,11-12H,1,6-7,10,13H2,2-4H3. The number of carbonyl (C=O) groups excluding carboxylic acids is 3. The van der Waals surface area contributed by atoms with Gasteiger partial charge >= 0.3 is 6.09 Å². The fourth-order valence-corrected chi connectivity index (χ4v) is 2.53. The molecule has 0 radical (unpaired) electrons. The molecule has 134 valence electrons. The van der Waals surface area contributed by atoms with E-state index in [9.17, 15) is 14.4 Å². The molecule has 0 bridgehead atoms. The van der Waals surface area contributed by atoms with E-state index in [1.807, 2.05) is 0 Å². The van der Waals surface area contributed by atoms with Gasteiger partial charge in [0.15, 0.2) is 0 Å². The predicted molar refractivity (Wildman–Crippen MR) is 93.9 cm³/mol. The van der Waals surface area contributed by atoms with Crippen molar-refractivity contribution < 1.29 is 19.1 Å². The number of benzene rings is 1. The van der Waals surface area contributed by atoms with Crippen LogP contribution >= 0.6 is 0 Å². The highest BCUT2D eigenvalue weighted by Gasteiger charge is 2.42. The van der Waals surface area contributed by atoms with Crippen molar-refractivity contribution in [2.45, 2.75) is 45.6 Å². The number of allylic oxidation sites excluding steroid dienone is 1. The molecule has 1 aromatic rings. The number of hydrogen-bond acceptors (Lipinski definition) is 4. The van der Waals surface area contributed by atoms with Gasteiger partial charge in [-0.25, -0.2) is 9.80 Å². The molecule has 1 aliphatic rings. The summed E-state index contributed by atoms with van der Waals surface area (Å²) in [4.78, 5) is 37.9. The van der Waals surface area contributed by atoms with Gasteiger partial charge in [-0.2, -0.15) is 5.01 Å². The molecule has 1 heterocycles. The van der Waals surface area contributed by atoms with Crippen molar-refractivity contribution in [2.24, 2.45) is 0 Å². The van der Waals surface area contributed by atoms with Crippen LogP contribution in [0.5, 0.6) is 0 Å². The van der Waals surface area contributed by atoms with E-state index in [2.05, 4.69) is 6.58 Å². The first kappa shape index (κ1) is 18.7. The Morgan fingerprint density at radius 2 is 1.72 bits per heavy atom. The molecule has 25 heavy (non-hydrogen) atoms. The van der Waals surface area contributed by atoms with Gasteiger partial charge in [-0.1, -0.05) is 18.2 Å². The van der Waals surface area contributed by atoms with Crippen LogP contribution in [0.3, 0.4) is 0 Å². The maximum Gasteiger partial charge on any atom is 0.429 e. The molecule has 6 nitrogen and oxygen atoms in total. The fourth-order valence-electron chi connectivity index (χ4n) is 2.53. The molecule has 0 aliphatic carbocycles. The minimum Gasteiger partial charge on any atom is -0.442 e. The molecular weight excluding hydrogens is 320 g/mol. The third-order valence-corrected chi connectivity index (χ3v) is 3.65. The molecule has 0 spiro atoms. The quantitative estimate of drug-likeness (QED) is 0.447. The number of nitrogens with zero attached hydrogens (tertiary/aromatic N) is 2. The van der Waals surface area contributed by atoms with Crippen molar-refractivity contribution in [3.8, 4) is 0 Å². The normalized spacial score (nSPS) is 13.6. The van der Waals surface area contributed by atoms with E-state index < -0.39 is 23.5 Å². The van der Waals surface area contributed by atoms with Crippen molar-refractivity contribution in [3.05, 3.63) is 48.0 Å². The number of fused-ring (bicyclic) bond motifs is 1. The van der Waals surface area contributed by atoms with E-state index in [0.29, 0.717) is 17.5 Å². The topological polar surface area (TPSA) is 66.9 Å². The van der Waals surface area contributed by atoms with Crippen molar-refractivity contribution in [2.75, 3.05) is 6.54 Å². The van der Waals surface area contributed by atoms with Gasteiger partial charge < -0.3 is 4.74 Å². The predicted octanol–water partition coefficient (Wildman–Crippen LogP) is 3.79. The Balaban J connectivity index is 2.25. The van der Waals surface area contributed by atoms with Crippen LogP contribution in [0.25, 0.3) is 0 Å². The maximum absolute atomic E-state index is 12.6. The van der Waals surface area contributed by atoms with Gasteiger partial charge in [0.25, 0.3) is 11.8 Å². The minimum atomic E-state index is -0.727. The zero-order valence-electron chi connectivity index (χ0n) is 14.9. The van der Waals surface area contributed by atoms with Gasteiger partial charge in [0, 0.05) is 6.54 Å². The summed E-state index contributed by atoms with van der Waals surface area (Å²) in [5.41, 5.74) is -0.130. The van der Waals surface area contributed by atoms with Crippen LogP contribution in [0.4, 0.5) is 4.79 Å². The van der Waals surface area contributed by atoms with E-state index in [1.165, 1.54) is 0 Å². The number of ether oxygens (including phenoxy) is 1. The molecule has 0 saturated carbocycles. The van der Waals surface area contributed by atoms with Gasteiger partial charge in [-0.3, -0.25) is 9.59 Å². The highest BCUT2D eigenvalue weighted by molar-refractivity contribution is 6.21. The van der Waals surface area contributed by atoms with Crippen LogP contribution in [-0.2, 0) is 4.74 Å². The molecule has 1 aliphatic heterocycles. The minimum absolute atomic E-state index is 0.216. The summed E-state index contributed by atoms with van der Waals surface area (Å²) >= 11 is 0. The Kier molecular flexibility index (Phi) is 5.62. The Hall–Kier alpha value is -2.63. The van der Waals surface area contributed by atoms with Crippen LogP contribution in [0.2, 0.25) is 0 Å². The molecule has 1 aromatic carbocycles. The molecule has 2 rings (SSSR count). The first-order valence-electron chi connectivity index (χ1n) is 8.35. The maximum atomic E-state index is 12.6. The SMILES string of the molecule is C=CCCCCN(C(=O)OC(C)(C)C)N1C(=O)c2ccccc2C1=O. The summed E-state index contributed by atoms with van der Waals surface area (Å²) in [6, 6.07) is 6.55. The van der Waals surface area contributed by atoms with Crippen LogP contribution in [-0.4, -0.2) is 40.1 Å². The lowest BCUT2D eigenvalue weighted by molar-refractivity contribution is -0.0291. The van der Waals surface area contributed by atoms with E-state index in [0.717, 1.165) is 22.9 Å². The van der Waals surface area contributed by atoms with E-state index in [-0.39, 0.29) is 6.54 Å². The monoisotopic (exact) mass is 344 g/mol. The lowest BCUT2D eigenvalue weighted by Crippen LogP contribution is -2.51. The highest BCUT2D eigenvalue weighted by Crippen LogP contribution is 2.25. The van der Waals surface area contributed by atoms with Crippen molar-refractivity contribution in [3.63, 3.8) is 0 Å². The molecule has 3 amide bonds. The lowest BCUT2D eigenvalue weighted by atomic mass is 10.1. The smallest absolute Gasteiger partial charge is 0.429 e. The van der Waals surface area contributed by atoms with Crippen LogP contribution in [0.1, 0.15) is 60.7 Å². The second-order valence-corrected chi connectivity index (χ2v) is 6.86. The number of hydrogen-bond donors (Lipinski definition) is 0. The largest absolute Gasteiger partial charge is 0.442 e. The first-order valence-corrected chi connectivity index (χ1v) is 8.35. The average Bonchev–Trinajstić information content (AvgIpc) is 2.78. The fraction of sp³-hybridized carbons (Fsp3) is 0.421. The van der Waals surface area contributed by atoms with Gasteiger partial charge in [-0.15, -0.1) is 6.58 Å².